The van der Waals surface area contributed by atoms with Crippen LogP contribution in [-0.4, -0.2) is 33.8 Å². The molecule has 5 rings (SSSR count). The highest BCUT2D eigenvalue weighted by Gasteiger charge is 2.47. The van der Waals surface area contributed by atoms with E-state index in [4.69, 9.17) is 16.9 Å². The number of hydrogen-bond donors (Lipinski definition) is 4. The van der Waals surface area contributed by atoms with Gasteiger partial charge in [-0.05, 0) is 30.2 Å². The van der Waals surface area contributed by atoms with Gasteiger partial charge in [-0.2, -0.15) is 4.98 Å². The highest BCUT2D eigenvalue weighted by molar-refractivity contribution is 7.09. The van der Waals surface area contributed by atoms with Crippen molar-refractivity contribution in [1.29, 1.82) is 5.41 Å². The second kappa shape index (κ2) is 7.68. The summed E-state index contributed by atoms with van der Waals surface area (Å²) in [5.41, 5.74) is 16.4. The number of piperidine rings is 1. The Hall–Kier alpha value is -3.30. The van der Waals surface area contributed by atoms with Crippen LogP contribution >= 0.6 is 11.3 Å². The van der Waals surface area contributed by atoms with Crippen molar-refractivity contribution in [3.05, 3.63) is 74.5 Å². The summed E-state index contributed by atoms with van der Waals surface area (Å²) in [6.07, 6.45) is 2.75. The number of benzene rings is 1. The van der Waals surface area contributed by atoms with E-state index in [9.17, 15) is 4.79 Å². The van der Waals surface area contributed by atoms with Crippen molar-refractivity contribution in [3.8, 4) is 0 Å². The Morgan fingerprint density at radius 1 is 1.28 bits per heavy atom. The highest BCUT2D eigenvalue weighted by atomic mass is 32.1. The molecule has 3 aromatic rings. The van der Waals surface area contributed by atoms with Gasteiger partial charge >= 0.3 is 0 Å². The van der Waals surface area contributed by atoms with E-state index in [1.807, 2.05) is 40.7 Å². The molecular weight excluding hydrogens is 422 g/mol. The van der Waals surface area contributed by atoms with Gasteiger partial charge in [0.25, 0.3) is 5.56 Å². The van der Waals surface area contributed by atoms with E-state index >= 15 is 0 Å². The molecule has 0 bridgehead atoms. The first kappa shape index (κ1) is 20.6. The van der Waals surface area contributed by atoms with E-state index in [-0.39, 0.29) is 28.5 Å². The summed E-state index contributed by atoms with van der Waals surface area (Å²) in [6, 6.07) is 9.24. The van der Waals surface area contributed by atoms with Crippen LogP contribution in [0.25, 0.3) is 5.57 Å². The Balaban J connectivity index is 1.34. The summed E-state index contributed by atoms with van der Waals surface area (Å²) in [6.45, 7) is 5.41. The van der Waals surface area contributed by atoms with Gasteiger partial charge in [0.1, 0.15) is 11.4 Å². The Morgan fingerprint density at radius 3 is 2.66 bits per heavy atom. The minimum Gasteiger partial charge on any atom is -0.383 e. The minimum absolute atomic E-state index is 0.0211. The molecule has 1 fully saturated rings. The number of anilines is 2. The maximum absolute atomic E-state index is 12.9. The molecule has 0 saturated carbocycles. The van der Waals surface area contributed by atoms with Crippen molar-refractivity contribution in [2.24, 2.45) is 11.1 Å². The molecule has 0 unspecified atom stereocenters. The molecular formula is C23H25N7OS. The molecule has 2 aromatic heterocycles. The number of nitrogens with one attached hydrogen (secondary N) is 2. The van der Waals surface area contributed by atoms with Gasteiger partial charge in [-0.1, -0.05) is 36.9 Å². The molecule has 1 aliphatic heterocycles. The van der Waals surface area contributed by atoms with E-state index in [0.717, 1.165) is 43.6 Å². The monoisotopic (exact) mass is 447 g/mol. The molecule has 0 amide bonds. The van der Waals surface area contributed by atoms with E-state index < -0.39 is 5.56 Å². The highest BCUT2D eigenvalue weighted by Crippen LogP contribution is 2.51. The first-order valence-corrected chi connectivity index (χ1v) is 11.4. The van der Waals surface area contributed by atoms with Gasteiger partial charge in [-0.15, -0.1) is 11.3 Å². The number of nitrogens with two attached hydrogens (primary N) is 2. The molecule has 164 valence electrons. The van der Waals surface area contributed by atoms with Crippen molar-refractivity contribution in [3.63, 3.8) is 0 Å². The van der Waals surface area contributed by atoms with E-state index in [2.05, 4.69) is 21.5 Å². The molecule has 6 N–H and O–H groups in total. The van der Waals surface area contributed by atoms with Crippen molar-refractivity contribution < 1.29 is 0 Å². The Labute approximate surface area is 189 Å². The second-order valence-electron chi connectivity index (χ2n) is 8.53. The number of rotatable bonds is 4. The molecule has 32 heavy (non-hydrogen) atoms. The lowest BCUT2D eigenvalue weighted by atomic mass is 9.74. The zero-order chi connectivity index (χ0) is 22.5. The van der Waals surface area contributed by atoms with Crippen LogP contribution in [0, 0.1) is 10.8 Å². The van der Waals surface area contributed by atoms with Gasteiger partial charge in [-0.25, -0.2) is 4.98 Å². The van der Waals surface area contributed by atoms with Crippen LogP contribution in [0.5, 0.6) is 0 Å². The average molecular weight is 448 g/mol. The van der Waals surface area contributed by atoms with Gasteiger partial charge in [0.2, 0.25) is 5.95 Å². The topological polar surface area (TPSA) is 138 Å². The maximum atomic E-state index is 12.9. The Bertz CT molecular complexity index is 1250. The number of hydrogen-bond acceptors (Lipinski definition) is 8. The number of thiazole rings is 1. The summed E-state index contributed by atoms with van der Waals surface area (Å²) in [4.78, 5) is 28.0. The molecule has 1 saturated heterocycles. The van der Waals surface area contributed by atoms with Gasteiger partial charge in [0, 0.05) is 23.5 Å². The summed E-state index contributed by atoms with van der Waals surface area (Å²) in [7, 11) is 0. The van der Waals surface area contributed by atoms with E-state index in [1.54, 1.807) is 11.3 Å². The molecule has 1 aliphatic carbocycles. The second-order valence-corrected chi connectivity index (χ2v) is 9.47. The zero-order valence-electron chi connectivity index (χ0n) is 17.6. The Morgan fingerprint density at radius 2 is 2.00 bits per heavy atom. The molecule has 3 heterocycles. The third-order valence-electron chi connectivity index (χ3n) is 6.81. The first-order valence-electron chi connectivity index (χ1n) is 10.6. The molecule has 2 aliphatic rings. The number of allylic oxidation sites excluding steroid dienone is 1. The third-order valence-corrected chi connectivity index (χ3v) is 7.66. The zero-order valence-corrected chi connectivity index (χ0v) is 18.4. The fourth-order valence-corrected chi connectivity index (χ4v) is 5.81. The van der Waals surface area contributed by atoms with Crippen LogP contribution in [0.4, 0.5) is 11.8 Å². The lowest BCUT2D eigenvalue weighted by Crippen LogP contribution is -2.45. The van der Waals surface area contributed by atoms with E-state index in [1.165, 1.54) is 4.88 Å². The van der Waals surface area contributed by atoms with Crippen LogP contribution < -0.4 is 21.9 Å². The van der Waals surface area contributed by atoms with Crippen LogP contribution in [0.3, 0.4) is 0 Å². The predicted molar refractivity (Wildman–Crippen MR) is 128 cm³/mol. The number of nitrogens with zero attached hydrogens (tertiary/aromatic N) is 3. The lowest BCUT2D eigenvalue weighted by Gasteiger charge is -2.42. The smallest absolute Gasteiger partial charge is 0.263 e. The van der Waals surface area contributed by atoms with E-state index in [0.29, 0.717) is 11.5 Å². The van der Waals surface area contributed by atoms with Crippen LogP contribution in [0.1, 0.15) is 40.6 Å². The van der Waals surface area contributed by atoms with Gasteiger partial charge in [-0.3, -0.25) is 15.2 Å². The molecule has 8 nitrogen and oxygen atoms in total. The lowest BCUT2D eigenvalue weighted by molar-refractivity contribution is 0.185. The summed E-state index contributed by atoms with van der Waals surface area (Å²) >= 11 is 1.68. The quantitative estimate of drug-likeness (QED) is 0.454. The van der Waals surface area contributed by atoms with Gasteiger partial charge in [0.15, 0.2) is 0 Å². The molecule has 9 heteroatoms. The number of fused-ring (bicyclic) bond motifs is 1. The molecule has 1 spiro atoms. The SMILES string of the molecule is C=C(C(=N)c1c(N)nc(N2CCC3(CC2)Cc2scnc2[C@H]3N)[nH]c1=O)c1ccccc1. The number of aromatic amines is 1. The summed E-state index contributed by atoms with van der Waals surface area (Å²) < 4.78 is 0. The fraction of sp³-hybridized carbons (Fsp3) is 0.304. The van der Waals surface area contributed by atoms with Crippen molar-refractivity contribution in [2.45, 2.75) is 25.3 Å². The number of aromatic nitrogens is 3. The van der Waals surface area contributed by atoms with Gasteiger partial charge < -0.3 is 16.4 Å². The molecule has 1 atom stereocenters. The van der Waals surface area contributed by atoms with Crippen molar-refractivity contribution >= 4 is 34.4 Å². The average Bonchev–Trinajstić information content (AvgIpc) is 3.35. The van der Waals surface area contributed by atoms with Crippen LogP contribution in [0.2, 0.25) is 0 Å². The molecule has 1 aromatic carbocycles. The largest absolute Gasteiger partial charge is 0.383 e. The van der Waals surface area contributed by atoms with Crippen LogP contribution in [0.15, 0.2) is 47.2 Å². The summed E-state index contributed by atoms with van der Waals surface area (Å²) in [5, 5.41) is 8.48. The fourth-order valence-electron chi connectivity index (χ4n) is 4.84. The predicted octanol–water partition coefficient (Wildman–Crippen LogP) is 2.73. The number of H-pyrrole nitrogens is 1. The maximum Gasteiger partial charge on any atom is 0.263 e. The Kier molecular flexibility index (Phi) is 4.94. The standard InChI is InChI=1S/C23H25N7OS/c1-13(14-5-3-2-4-6-14)17(24)16-20(26)28-22(29-21(16)31)30-9-7-23(8-10-30)11-15-18(19(23)25)27-12-32-15/h2-6,12,19,24H,1,7-11,25H2,(H3,26,28,29,31)/t19-/m1/s1. The summed E-state index contributed by atoms with van der Waals surface area (Å²) in [5.74, 6) is 0.471. The minimum atomic E-state index is -0.432. The van der Waals surface area contributed by atoms with Crippen LogP contribution in [-0.2, 0) is 6.42 Å². The third kappa shape index (κ3) is 3.25. The first-order chi connectivity index (χ1) is 15.4. The number of nitrogen functional groups attached to an aromatic ring is 1. The molecule has 0 radical (unpaired) electrons. The normalized spacial score (nSPS) is 19.2. The van der Waals surface area contributed by atoms with Crippen molar-refractivity contribution in [1.82, 2.24) is 15.0 Å². The van der Waals surface area contributed by atoms with Crippen molar-refractivity contribution in [2.75, 3.05) is 23.7 Å². The van der Waals surface area contributed by atoms with Gasteiger partial charge in [0.05, 0.1) is 23.0 Å².